The quantitative estimate of drug-likeness (QED) is 0.503. The number of hydrogen-bond acceptors (Lipinski definition) is 5. The summed E-state index contributed by atoms with van der Waals surface area (Å²) in [5.74, 6) is -2.02. The zero-order valence-corrected chi connectivity index (χ0v) is 21.3. The van der Waals surface area contributed by atoms with Crippen molar-refractivity contribution in [1.29, 1.82) is 0 Å². The first-order valence-corrected chi connectivity index (χ1v) is 12.4. The molecule has 0 radical (unpaired) electrons. The Morgan fingerprint density at radius 2 is 1.63 bits per heavy atom. The Hall–Kier alpha value is -4.50. The van der Waals surface area contributed by atoms with E-state index < -0.39 is 11.9 Å². The van der Waals surface area contributed by atoms with Crippen LogP contribution in [0.25, 0.3) is 0 Å². The van der Waals surface area contributed by atoms with Gasteiger partial charge in [-0.2, -0.15) is 0 Å². The Morgan fingerprint density at radius 1 is 0.947 bits per heavy atom. The normalized spacial score (nSPS) is 17.6. The van der Waals surface area contributed by atoms with Gasteiger partial charge in [0.25, 0.3) is 0 Å². The number of rotatable bonds is 5. The summed E-state index contributed by atoms with van der Waals surface area (Å²) in [6, 6.07) is 21.4. The molecule has 9 nitrogen and oxygen atoms in total. The molecule has 5 rings (SSSR count). The lowest BCUT2D eigenvalue weighted by atomic mass is 9.90. The molecule has 2 aliphatic heterocycles. The Bertz CT molecular complexity index is 1400. The zero-order valence-electron chi connectivity index (χ0n) is 21.3. The number of likely N-dealkylation sites (N-methyl/N-ethyl adjacent to an activating group) is 1. The summed E-state index contributed by atoms with van der Waals surface area (Å²) in [4.78, 5) is 48.1. The van der Waals surface area contributed by atoms with Crippen LogP contribution in [0, 0.1) is 0 Å². The van der Waals surface area contributed by atoms with Crippen LogP contribution in [0.2, 0.25) is 0 Å². The molecule has 1 saturated heterocycles. The summed E-state index contributed by atoms with van der Waals surface area (Å²) in [7, 11) is 3.81. The van der Waals surface area contributed by atoms with Gasteiger partial charge in [-0.25, -0.2) is 9.59 Å². The third-order valence-electron chi connectivity index (χ3n) is 7.02. The summed E-state index contributed by atoms with van der Waals surface area (Å²) < 4.78 is 0. The Labute approximate surface area is 221 Å². The monoisotopic (exact) mass is 511 g/mol. The van der Waals surface area contributed by atoms with E-state index in [1.165, 1.54) is 12.1 Å². The van der Waals surface area contributed by atoms with Crippen molar-refractivity contribution in [2.24, 2.45) is 4.99 Å². The molecule has 0 aromatic heterocycles. The van der Waals surface area contributed by atoms with Gasteiger partial charge in [0.05, 0.1) is 17.0 Å². The summed E-state index contributed by atoms with van der Waals surface area (Å²) in [6.07, 6.45) is 0. The van der Waals surface area contributed by atoms with E-state index in [0.29, 0.717) is 35.7 Å². The van der Waals surface area contributed by atoms with Gasteiger partial charge in [-0.05, 0) is 54.6 Å². The van der Waals surface area contributed by atoms with Gasteiger partial charge in [-0.15, -0.1) is 0 Å². The fraction of sp³-hybridized carbons (Fsp3) is 0.241. The van der Waals surface area contributed by atoms with Gasteiger partial charge in [0, 0.05) is 44.6 Å². The van der Waals surface area contributed by atoms with Gasteiger partial charge < -0.3 is 20.2 Å². The van der Waals surface area contributed by atoms with Gasteiger partial charge >= 0.3 is 12.0 Å². The topological polar surface area (TPSA) is 106 Å². The SMILES string of the molecule is CN1CCN(C(=O)N(C)c2ccc(N=C(c3ccccc3)C3C(=O)Nc4cc(C(=O)O)ccc43)cc2)CC1. The minimum absolute atomic E-state index is 0.0423. The maximum atomic E-state index is 13.1. The van der Waals surface area contributed by atoms with Crippen LogP contribution in [-0.2, 0) is 4.79 Å². The third-order valence-corrected chi connectivity index (χ3v) is 7.02. The highest BCUT2D eigenvalue weighted by molar-refractivity contribution is 6.24. The molecule has 1 unspecified atom stereocenters. The van der Waals surface area contributed by atoms with Crippen molar-refractivity contribution in [2.75, 3.05) is 50.5 Å². The number of piperazine rings is 1. The molecule has 3 aromatic rings. The molecule has 2 N–H and O–H groups in total. The Kier molecular flexibility index (Phi) is 6.93. The van der Waals surface area contributed by atoms with Crippen LogP contribution in [-0.4, -0.2) is 78.8 Å². The van der Waals surface area contributed by atoms with Crippen molar-refractivity contribution in [1.82, 2.24) is 9.80 Å². The fourth-order valence-electron chi connectivity index (χ4n) is 4.78. The lowest BCUT2D eigenvalue weighted by molar-refractivity contribution is -0.115. The molecule has 0 aliphatic carbocycles. The molecular weight excluding hydrogens is 482 g/mol. The van der Waals surface area contributed by atoms with Crippen molar-refractivity contribution in [3.63, 3.8) is 0 Å². The highest BCUT2D eigenvalue weighted by Gasteiger charge is 2.36. The number of benzene rings is 3. The van der Waals surface area contributed by atoms with Gasteiger partial charge in [-0.3, -0.25) is 14.7 Å². The lowest BCUT2D eigenvalue weighted by Crippen LogP contribution is -2.51. The van der Waals surface area contributed by atoms with Crippen LogP contribution < -0.4 is 10.2 Å². The van der Waals surface area contributed by atoms with Gasteiger partial charge in [0.2, 0.25) is 5.91 Å². The zero-order chi connectivity index (χ0) is 26.8. The molecule has 2 heterocycles. The number of fused-ring (bicyclic) bond motifs is 1. The Balaban J connectivity index is 1.45. The maximum Gasteiger partial charge on any atom is 0.335 e. The largest absolute Gasteiger partial charge is 0.478 e. The van der Waals surface area contributed by atoms with Crippen LogP contribution in [0.15, 0.2) is 77.8 Å². The number of carboxylic acid groups (broad SMARTS) is 1. The second kappa shape index (κ2) is 10.5. The number of aromatic carboxylic acids is 1. The van der Waals surface area contributed by atoms with E-state index in [2.05, 4.69) is 17.3 Å². The molecule has 194 valence electrons. The van der Waals surface area contributed by atoms with Crippen LogP contribution in [0.4, 0.5) is 21.9 Å². The first kappa shape index (κ1) is 25.2. The van der Waals surface area contributed by atoms with Crippen molar-refractivity contribution in [3.8, 4) is 0 Å². The average molecular weight is 512 g/mol. The number of urea groups is 1. The second-order valence-electron chi connectivity index (χ2n) is 9.54. The highest BCUT2D eigenvalue weighted by atomic mass is 16.4. The van der Waals surface area contributed by atoms with Gasteiger partial charge in [-0.1, -0.05) is 36.4 Å². The van der Waals surface area contributed by atoms with E-state index in [-0.39, 0.29) is 17.5 Å². The van der Waals surface area contributed by atoms with Crippen LogP contribution in [0.3, 0.4) is 0 Å². The number of carbonyl (C=O) groups excluding carboxylic acids is 2. The number of nitrogens with zero attached hydrogens (tertiary/aromatic N) is 4. The summed E-state index contributed by atoms with van der Waals surface area (Å²) >= 11 is 0. The number of hydrogen-bond donors (Lipinski definition) is 2. The minimum atomic E-state index is -1.06. The van der Waals surface area contributed by atoms with Gasteiger partial charge in [0.1, 0.15) is 5.92 Å². The van der Waals surface area contributed by atoms with E-state index in [0.717, 1.165) is 24.3 Å². The number of anilines is 2. The molecule has 3 aromatic carbocycles. The first-order valence-electron chi connectivity index (χ1n) is 12.4. The summed E-state index contributed by atoms with van der Waals surface area (Å²) in [5.41, 5.74) is 3.98. The van der Waals surface area contributed by atoms with Crippen LogP contribution in [0.5, 0.6) is 0 Å². The van der Waals surface area contributed by atoms with E-state index in [1.807, 2.05) is 59.5 Å². The lowest BCUT2D eigenvalue weighted by Gasteiger charge is -2.35. The predicted molar refractivity (Wildman–Crippen MR) is 147 cm³/mol. The number of carbonyl (C=O) groups is 3. The van der Waals surface area contributed by atoms with E-state index in [1.54, 1.807) is 18.0 Å². The highest BCUT2D eigenvalue weighted by Crippen LogP contribution is 2.37. The number of aliphatic imine (C=N–C) groups is 1. The smallest absolute Gasteiger partial charge is 0.335 e. The predicted octanol–water partition coefficient (Wildman–Crippen LogP) is 4.05. The Morgan fingerprint density at radius 3 is 2.29 bits per heavy atom. The first-order chi connectivity index (χ1) is 18.3. The molecule has 0 saturated carbocycles. The van der Waals surface area contributed by atoms with Crippen molar-refractivity contribution in [3.05, 3.63) is 89.5 Å². The van der Waals surface area contributed by atoms with E-state index in [4.69, 9.17) is 4.99 Å². The molecular formula is C29H29N5O4. The van der Waals surface area contributed by atoms with E-state index in [9.17, 15) is 19.5 Å². The van der Waals surface area contributed by atoms with Crippen molar-refractivity contribution < 1.29 is 19.5 Å². The van der Waals surface area contributed by atoms with Crippen LogP contribution >= 0.6 is 0 Å². The molecule has 1 fully saturated rings. The average Bonchev–Trinajstić information content (AvgIpc) is 3.26. The molecule has 38 heavy (non-hydrogen) atoms. The maximum absolute atomic E-state index is 13.1. The fourth-order valence-corrected chi connectivity index (χ4v) is 4.78. The minimum Gasteiger partial charge on any atom is -0.478 e. The molecule has 1 atom stereocenters. The molecule has 2 aliphatic rings. The molecule has 0 spiro atoms. The molecule has 3 amide bonds. The van der Waals surface area contributed by atoms with Crippen molar-refractivity contribution >= 4 is 40.7 Å². The van der Waals surface area contributed by atoms with Gasteiger partial charge in [0.15, 0.2) is 0 Å². The summed E-state index contributed by atoms with van der Waals surface area (Å²) in [5, 5.41) is 12.2. The standard InChI is InChI=1S/C29H29N5O4/c1-32-14-16-34(17-15-32)29(38)33(2)22-11-9-21(10-12-22)30-26(19-6-4-3-5-7-19)25-23-13-8-20(28(36)37)18-24(23)31-27(25)35/h3-13,18,25H,14-17H2,1-2H3,(H,31,35)(H,36,37). The van der Waals surface area contributed by atoms with E-state index >= 15 is 0 Å². The summed E-state index contributed by atoms with van der Waals surface area (Å²) in [6.45, 7) is 3.10. The number of amides is 3. The number of nitrogens with one attached hydrogen (secondary N) is 1. The second-order valence-corrected chi connectivity index (χ2v) is 9.54. The van der Waals surface area contributed by atoms with Crippen LogP contribution in [0.1, 0.15) is 27.4 Å². The number of carboxylic acids is 1. The molecule has 9 heteroatoms. The molecule has 0 bridgehead atoms. The van der Waals surface area contributed by atoms with Crippen molar-refractivity contribution in [2.45, 2.75) is 5.92 Å². The third kappa shape index (κ3) is 5.01.